The highest BCUT2D eigenvalue weighted by Crippen LogP contribution is 2.29. The molecular weight excluding hydrogens is 303 g/mol. The number of anilines is 2. The minimum Gasteiger partial charge on any atom is -0.496 e. The molecule has 23 heavy (non-hydrogen) atoms. The molecule has 0 saturated carbocycles. The van der Waals surface area contributed by atoms with Crippen molar-refractivity contribution in [3.63, 3.8) is 0 Å². The predicted molar refractivity (Wildman–Crippen MR) is 84.3 cm³/mol. The molecule has 8 heteroatoms. The zero-order valence-corrected chi connectivity index (χ0v) is 12.4. The number of carbonyl (C=O) groups excluding carboxylic acids is 1. The van der Waals surface area contributed by atoms with Gasteiger partial charge in [0.2, 0.25) is 0 Å². The molecule has 0 fully saturated rings. The Morgan fingerprint density at radius 1 is 1.17 bits per heavy atom. The van der Waals surface area contributed by atoms with Gasteiger partial charge in [-0.2, -0.15) is 0 Å². The normalized spacial score (nSPS) is 10.2. The second-order valence-corrected chi connectivity index (χ2v) is 4.64. The van der Waals surface area contributed by atoms with Crippen molar-refractivity contribution in [3.05, 3.63) is 47.5 Å². The lowest BCUT2D eigenvalue weighted by Crippen LogP contribution is -2.23. The molecule has 0 heterocycles. The molecule has 0 aliphatic heterocycles. The molecule has 2 rings (SSSR count). The molecule has 7 nitrogen and oxygen atoms in total. The van der Waals surface area contributed by atoms with Crippen LogP contribution in [0.4, 0.5) is 15.9 Å². The molecule has 6 N–H and O–H groups in total. The number of ether oxygens (including phenoxy) is 1. The largest absolute Gasteiger partial charge is 0.496 e. The van der Waals surface area contributed by atoms with Gasteiger partial charge in [0.25, 0.3) is 5.91 Å². The van der Waals surface area contributed by atoms with Crippen LogP contribution >= 0.6 is 0 Å². The summed E-state index contributed by atoms with van der Waals surface area (Å²) in [6.45, 7) is 0.156. The Bertz CT molecular complexity index is 692. The van der Waals surface area contributed by atoms with E-state index < -0.39 is 0 Å². The van der Waals surface area contributed by atoms with Crippen molar-refractivity contribution in [2.45, 2.75) is 6.54 Å². The van der Waals surface area contributed by atoms with E-state index in [0.29, 0.717) is 28.3 Å². The fraction of sp³-hybridized carbons (Fsp3) is 0.133. The summed E-state index contributed by atoms with van der Waals surface area (Å²) in [5.41, 5.74) is 14.5. The predicted octanol–water partition coefficient (Wildman–Crippen LogP) is 1.56. The van der Waals surface area contributed by atoms with E-state index in [0.717, 1.165) is 5.70 Å². The molecular formula is C15H17FN4O3. The molecule has 122 valence electrons. The van der Waals surface area contributed by atoms with Crippen LogP contribution in [0.1, 0.15) is 15.9 Å². The molecule has 0 atom stereocenters. The van der Waals surface area contributed by atoms with Crippen LogP contribution in [0.25, 0.3) is 0 Å². The molecule has 0 unspecified atom stereocenters. The first kappa shape index (κ1) is 16.4. The van der Waals surface area contributed by atoms with Gasteiger partial charge in [-0.05, 0) is 36.4 Å². The fourth-order valence-corrected chi connectivity index (χ4v) is 2.03. The van der Waals surface area contributed by atoms with Crippen LogP contribution in [-0.2, 0) is 6.54 Å². The van der Waals surface area contributed by atoms with Crippen molar-refractivity contribution < 1.29 is 18.9 Å². The third-order valence-electron chi connectivity index (χ3n) is 3.27. The first-order valence-electron chi connectivity index (χ1n) is 6.68. The summed E-state index contributed by atoms with van der Waals surface area (Å²) in [6.07, 6.45) is 0. The highest BCUT2D eigenvalue weighted by Gasteiger charge is 2.12. The van der Waals surface area contributed by atoms with Gasteiger partial charge < -0.3 is 26.4 Å². The van der Waals surface area contributed by atoms with Gasteiger partial charge in [-0.1, -0.05) is 4.48 Å². The van der Waals surface area contributed by atoms with Crippen LogP contribution in [-0.4, -0.2) is 13.0 Å². The lowest BCUT2D eigenvalue weighted by atomic mass is 10.1. The average Bonchev–Trinajstić information content (AvgIpc) is 2.57. The number of methoxy groups -OCH3 is 1. The Morgan fingerprint density at radius 3 is 2.48 bits per heavy atom. The molecule has 2 aromatic carbocycles. The number of carbonyl (C=O) groups is 1. The Kier molecular flexibility index (Phi) is 5.21. The number of nitrogens with one attached hydrogen (secondary N) is 2. The van der Waals surface area contributed by atoms with Crippen molar-refractivity contribution in [2.24, 2.45) is 0 Å². The number of hydrogen-bond acceptors (Lipinski definition) is 6. The summed E-state index contributed by atoms with van der Waals surface area (Å²) >= 11 is 0. The third-order valence-corrected chi connectivity index (χ3v) is 3.27. The number of amides is 1. The minimum atomic E-state index is -0.325. The topological polar surface area (TPSA) is 112 Å². The van der Waals surface area contributed by atoms with Crippen LogP contribution in [0.3, 0.4) is 0 Å². The fourth-order valence-electron chi connectivity index (χ4n) is 2.03. The minimum absolute atomic E-state index is 0.156. The number of benzene rings is 2. The van der Waals surface area contributed by atoms with Crippen molar-refractivity contribution in [2.75, 3.05) is 18.6 Å². The number of hydrogen-bond donors (Lipinski definition) is 4. The molecule has 0 saturated heterocycles. The molecule has 0 radical (unpaired) electrons. The van der Waals surface area contributed by atoms with E-state index >= 15 is 0 Å². The van der Waals surface area contributed by atoms with E-state index in [1.807, 2.05) is 0 Å². The van der Waals surface area contributed by atoms with Gasteiger partial charge in [0, 0.05) is 23.4 Å². The number of nitrogens with two attached hydrogens (primary N) is 2. The van der Waals surface area contributed by atoms with Crippen LogP contribution < -0.4 is 32.1 Å². The Balaban J connectivity index is 2.08. The van der Waals surface area contributed by atoms with Gasteiger partial charge in [-0.25, -0.2) is 0 Å². The van der Waals surface area contributed by atoms with Gasteiger partial charge in [-0.3, -0.25) is 4.79 Å². The lowest BCUT2D eigenvalue weighted by Gasteiger charge is -2.14. The summed E-state index contributed by atoms with van der Waals surface area (Å²) in [5.74, 6) is 0.453. The summed E-state index contributed by atoms with van der Waals surface area (Å²) in [7, 11) is 1.51. The van der Waals surface area contributed by atoms with E-state index in [1.165, 1.54) is 31.4 Å². The second kappa shape index (κ2) is 7.32. The zero-order chi connectivity index (χ0) is 16.8. The zero-order valence-electron chi connectivity index (χ0n) is 12.4. The molecule has 2 aromatic rings. The molecule has 0 spiro atoms. The molecule has 0 aliphatic carbocycles. The Morgan fingerprint density at radius 2 is 1.87 bits per heavy atom. The van der Waals surface area contributed by atoms with E-state index in [1.54, 1.807) is 12.1 Å². The van der Waals surface area contributed by atoms with E-state index in [9.17, 15) is 9.28 Å². The van der Waals surface area contributed by atoms with Gasteiger partial charge in [-0.15, -0.1) is 0 Å². The highest BCUT2D eigenvalue weighted by atomic mass is 19.2. The Labute approximate surface area is 132 Å². The first-order valence-corrected chi connectivity index (χ1v) is 6.68. The first-order chi connectivity index (χ1) is 11.1. The number of nitrogen functional groups attached to an aromatic ring is 2. The molecule has 0 bridgehead atoms. The third kappa shape index (κ3) is 3.80. The summed E-state index contributed by atoms with van der Waals surface area (Å²) in [4.78, 5) is 16.6. The van der Waals surface area contributed by atoms with Gasteiger partial charge in [0.05, 0.1) is 18.5 Å². The quantitative estimate of drug-likeness (QED) is 0.365. The molecule has 0 aromatic heterocycles. The van der Waals surface area contributed by atoms with Crippen LogP contribution in [0.5, 0.6) is 11.5 Å². The van der Waals surface area contributed by atoms with E-state index in [-0.39, 0.29) is 18.2 Å². The highest BCUT2D eigenvalue weighted by molar-refractivity contribution is 5.94. The number of halogens is 1. The van der Waals surface area contributed by atoms with Crippen molar-refractivity contribution in [1.29, 1.82) is 0 Å². The lowest BCUT2D eigenvalue weighted by molar-refractivity contribution is 0.0451. The van der Waals surface area contributed by atoms with Crippen LogP contribution in [0.15, 0.2) is 36.4 Å². The van der Waals surface area contributed by atoms with Crippen molar-refractivity contribution >= 4 is 17.3 Å². The summed E-state index contributed by atoms with van der Waals surface area (Å²) < 4.78 is 17.0. The maximum absolute atomic E-state index is 12.1. The standard InChI is InChI=1S/C15H17FN4O3/c1-22-13-7-6-12(17)14(18)11(13)8-19-15(21)9-2-4-10(5-3-9)23-20-16/h2-7,20H,8,17-18H2,1H3,(H,19,21). The van der Waals surface area contributed by atoms with Crippen molar-refractivity contribution in [1.82, 2.24) is 11.0 Å². The average molecular weight is 320 g/mol. The monoisotopic (exact) mass is 320 g/mol. The maximum Gasteiger partial charge on any atom is 0.251 e. The number of rotatable bonds is 6. The van der Waals surface area contributed by atoms with E-state index in [2.05, 4.69) is 10.2 Å². The van der Waals surface area contributed by atoms with Crippen molar-refractivity contribution in [3.8, 4) is 11.5 Å². The molecule has 1 amide bonds. The van der Waals surface area contributed by atoms with Gasteiger partial charge >= 0.3 is 0 Å². The van der Waals surface area contributed by atoms with Crippen LogP contribution in [0, 0.1) is 0 Å². The summed E-state index contributed by atoms with van der Waals surface area (Å²) in [5, 5.41) is 2.72. The second-order valence-electron chi connectivity index (χ2n) is 4.64. The Hall–Kier alpha value is -3.00. The van der Waals surface area contributed by atoms with Crippen LogP contribution in [0.2, 0.25) is 0 Å². The smallest absolute Gasteiger partial charge is 0.251 e. The van der Waals surface area contributed by atoms with Gasteiger partial charge in [0.1, 0.15) is 5.75 Å². The van der Waals surface area contributed by atoms with E-state index in [4.69, 9.17) is 16.2 Å². The SMILES string of the molecule is COc1ccc(N)c(N)c1CNC(=O)c1ccc(ONF)cc1. The maximum atomic E-state index is 12.1. The molecule has 0 aliphatic rings. The summed E-state index contributed by atoms with van der Waals surface area (Å²) in [6, 6.07) is 9.23. The van der Waals surface area contributed by atoms with Gasteiger partial charge in [0.15, 0.2) is 5.75 Å².